The Morgan fingerprint density at radius 2 is 0.600 bits per heavy atom. The van der Waals surface area contributed by atoms with Gasteiger partial charge in [0.2, 0.25) is 0 Å². The second kappa shape index (κ2) is 13.0. The van der Waals surface area contributed by atoms with E-state index in [0.29, 0.717) is 0 Å². The van der Waals surface area contributed by atoms with Gasteiger partial charge in [-0.25, -0.2) is 0 Å². The summed E-state index contributed by atoms with van der Waals surface area (Å²) in [4.78, 5) is 0. The predicted molar refractivity (Wildman–Crippen MR) is 172 cm³/mol. The molecule has 0 aromatic heterocycles. The first-order valence-electron chi connectivity index (χ1n) is 14.5. The molecule has 202 valence electrons. The van der Waals surface area contributed by atoms with Gasteiger partial charge in [0.1, 0.15) is 0 Å². The van der Waals surface area contributed by atoms with Gasteiger partial charge in [-0.3, -0.25) is 0 Å². The highest BCUT2D eigenvalue weighted by atomic mass is 15.0. The number of hydrogen-bond acceptors (Lipinski definition) is 4. The molecule has 0 aliphatic heterocycles. The van der Waals surface area contributed by atoms with Crippen molar-refractivity contribution >= 4 is 43.1 Å². The Hall–Kier alpha value is -3.80. The molecule has 0 saturated carbocycles. The highest BCUT2D eigenvalue weighted by Crippen LogP contribution is 2.29. The largest absolute Gasteiger partial charge is 0.314 e. The minimum absolute atomic E-state index is 0.874. The van der Waals surface area contributed by atoms with Crippen LogP contribution in [0.15, 0.2) is 109 Å². The zero-order valence-electron chi connectivity index (χ0n) is 23.0. The lowest BCUT2D eigenvalue weighted by Crippen LogP contribution is -2.35. The minimum Gasteiger partial charge on any atom is -0.314 e. The Labute approximate surface area is 236 Å². The van der Waals surface area contributed by atoms with Crippen molar-refractivity contribution in [3.8, 4) is 0 Å². The second-order valence-electron chi connectivity index (χ2n) is 10.4. The van der Waals surface area contributed by atoms with Crippen LogP contribution in [0.5, 0.6) is 0 Å². The van der Waals surface area contributed by atoms with Gasteiger partial charge in [0.15, 0.2) is 0 Å². The Morgan fingerprint density at radius 1 is 0.325 bits per heavy atom. The van der Waals surface area contributed by atoms with Crippen LogP contribution in [0.1, 0.15) is 11.1 Å². The van der Waals surface area contributed by atoms with Crippen LogP contribution >= 0.6 is 0 Å². The average Bonchev–Trinajstić information content (AvgIpc) is 3.00. The van der Waals surface area contributed by atoms with Crippen LogP contribution in [-0.4, -0.2) is 39.3 Å². The fraction of sp³-hybridized carbons (Fsp3) is 0.222. The maximum atomic E-state index is 3.65. The van der Waals surface area contributed by atoms with Crippen LogP contribution in [-0.2, 0) is 13.1 Å². The molecule has 0 saturated heterocycles. The van der Waals surface area contributed by atoms with E-state index in [1.54, 1.807) is 0 Å². The highest BCUT2D eigenvalue weighted by Gasteiger charge is 2.08. The van der Waals surface area contributed by atoms with Crippen molar-refractivity contribution in [1.82, 2.24) is 21.3 Å². The molecule has 0 aliphatic carbocycles. The van der Waals surface area contributed by atoms with Gasteiger partial charge in [-0.05, 0) is 66.3 Å². The zero-order chi connectivity index (χ0) is 27.0. The van der Waals surface area contributed by atoms with Gasteiger partial charge in [0, 0.05) is 52.4 Å². The number of hydrogen-bond donors (Lipinski definition) is 4. The molecule has 4 nitrogen and oxygen atoms in total. The smallest absolute Gasteiger partial charge is 0.0218 e. The van der Waals surface area contributed by atoms with Crippen LogP contribution in [0.3, 0.4) is 0 Å². The Bertz CT molecular complexity index is 1490. The Balaban J connectivity index is 0.899. The van der Waals surface area contributed by atoms with Crippen molar-refractivity contribution in [1.29, 1.82) is 0 Å². The van der Waals surface area contributed by atoms with Crippen molar-refractivity contribution < 1.29 is 0 Å². The summed E-state index contributed by atoms with van der Waals surface area (Å²) in [6.45, 7) is 7.47. The number of nitrogens with one attached hydrogen (secondary N) is 4. The van der Waals surface area contributed by atoms with Crippen LogP contribution in [0, 0.1) is 0 Å². The van der Waals surface area contributed by atoms with Crippen molar-refractivity contribution in [2.45, 2.75) is 13.1 Å². The predicted octanol–water partition coefficient (Wildman–Crippen LogP) is 6.36. The second-order valence-corrected chi connectivity index (χ2v) is 10.4. The molecular formula is C36H38N4. The normalized spacial score (nSPS) is 11.7. The third kappa shape index (κ3) is 6.01. The summed E-state index contributed by atoms with van der Waals surface area (Å²) < 4.78 is 0. The molecule has 0 atom stereocenters. The first-order chi connectivity index (χ1) is 19.9. The summed E-state index contributed by atoms with van der Waals surface area (Å²) in [5, 5.41) is 25.0. The van der Waals surface area contributed by atoms with Crippen LogP contribution in [0.2, 0.25) is 0 Å². The Kier molecular flexibility index (Phi) is 8.61. The molecule has 6 aromatic rings. The Morgan fingerprint density at radius 3 is 0.925 bits per heavy atom. The molecule has 4 N–H and O–H groups in total. The summed E-state index contributed by atoms with van der Waals surface area (Å²) in [7, 11) is 0. The summed E-state index contributed by atoms with van der Waals surface area (Å²) in [5.74, 6) is 0. The van der Waals surface area contributed by atoms with Gasteiger partial charge >= 0.3 is 0 Å². The van der Waals surface area contributed by atoms with Crippen molar-refractivity contribution in [2.24, 2.45) is 0 Å². The van der Waals surface area contributed by atoms with Gasteiger partial charge in [0.05, 0.1) is 0 Å². The van der Waals surface area contributed by atoms with E-state index in [-0.39, 0.29) is 0 Å². The summed E-state index contributed by atoms with van der Waals surface area (Å²) in [5.41, 5.74) is 2.78. The van der Waals surface area contributed by atoms with E-state index in [1.807, 2.05) is 0 Å². The highest BCUT2D eigenvalue weighted by molar-refractivity contribution is 6.03. The molecule has 0 unspecified atom stereocenters. The van der Waals surface area contributed by atoms with Gasteiger partial charge in [-0.15, -0.1) is 0 Å². The molecule has 0 heterocycles. The van der Waals surface area contributed by atoms with Crippen molar-refractivity contribution in [3.63, 3.8) is 0 Å². The topological polar surface area (TPSA) is 48.1 Å². The van der Waals surface area contributed by atoms with Crippen molar-refractivity contribution in [3.05, 3.63) is 120 Å². The molecule has 0 radical (unpaired) electrons. The van der Waals surface area contributed by atoms with E-state index >= 15 is 0 Å². The lowest BCUT2D eigenvalue weighted by atomic mass is 9.97. The molecule has 4 heteroatoms. The molecule has 0 fully saturated rings. The number of benzene rings is 6. The minimum atomic E-state index is 0.874. The number of rotatable bonds is 13. The molecule has 0 bridgehead atoms. The lowest BCUT2D eigenvalue weighted by molar-refractivity contribution is 0.567. The van der Waals surface area contributed by atoms with Gasteiger partial charge < -0.3 is 21.3 Å². The van der Waals surface area contributed by atoms with Gasteiger partial charge in [-0.1, -0.05) is 97.1 Å². The molecular weight excluding hydrogens is 488 g/mol. The van der Waals surface area contributed by atoms with E-state index in [9.17, 15) is 0 Å². The SMILES string of the molecule is c1ccc2c(CNCCNCCNCCNCc3c4ccccc4cc4ccccc34)c3ccccc3cc2c1. The average molecular weight is 527 g/mol. The monoisotopic (exact) mass is 526 g/mol. The van der Waals surface area contributed by atoms with E-state index in [1.165, 1.54) is 54.2 Å². The van der Waals surface area contributed by atoms with Gasteiger partial charge in [0.25, 0.3) is 0 Å². The molecule has 0 aliphatic rings. The van der Waals surface area contributed by atoms with Gasteiger partial charge in [-0.2, -0.15) is 0 Å². The molecule has 0 amide bonds. The van der Waals surface area contributed by atoms with Crippen LogP contribution in [0.25, 0.3) is 43.1 Å². The van der Waals surface area contributed by atoms with E-state index in [0.717, 1.165) is 52.4 Å². The zero-order valence-corrected chi connectivity index (χ0v) is 23.0. The third-order valence-electron chi connectivity index (χ3n) is 7.80. The lowest BCUT2D eigenvalue weighted by Gasteiger charge is -2.13. The fourth-order valence-electron chi connectivity index (χ4n) is 5.80. The number of fused-ring (bicyclic) bond motifs is 4. The summed E-state index contributed by atoms with van der Waals surface area (Å²) in [6.07, 6.45) is 0. The van der Waals surface area contributed by atoms with E-state index in [2.05, 4.69) is 130 Å². The molecule has 6 rings (SSSR count). The summed E-state index contributed by atoms with van der Waals surface area (Å²) in [6, 6.07) is 39.4. The van der Waals surface area contributed by atoms with Crippen LogP contribution < -0.4 is 21.3 Å². The van der Waals surface area contributed by atoms with E-state index < -0.39 is 0 Å². The first kappa shape index (κ1) is 26.4. The summed E-state index contributed by atoms with van der Waals surface area (Å²) >= 11 is 0. The third-order valence-corrected chi connectivity index (χ3v) is 7.80. The quantitative estimate of drug-likeness (QED) is 0.105. The van der Waals surface area contributed by atoms with Crippen LogP contribution in [0.4, 0.5) is 0 Å². The molecule has 0 spiro atoms. The molecule has 40 heavy (non-hydrogen) atoms. The maximum absolute atomic E-state index is 3.65. The first-order valence-corrected chi connectivity index (χ1v) is 14.5. The van der Waals surface area contributed by atoms with E-state index in [4.69, 9.17) is 0 Å². The standard InChI is InChI=1S/C36H38N4/c1-5-13-31-27(9-1)23-28-10-2-6-14-32(28)35(31)25-39-21-19-37-17-18-38-20-22-40-26-36-33-15-7-3-11-29(33)24-30-12-4-8-16-34(30)36/h1-16,23-24,37-40H,17-22,25-26H2. The van der Waals surface area contributed by atoms with Crippen molar-refractivity contribution in [2.75, 3.05) is 39.3 Å². The molecule has 6 aromatic carbocycles. The fourth-order valence-corrected chi connectivity index (χ4v) is 5.80. The maximum Gasteiger partial charge on any atom is 0.0218 e.